The Morgan fingerprint density at radius 2 is 0.390 bits per heavy atom. The molecule has 0 spiro atoms. The molecule has 0 fully saturated rings. The second kappa shape index (κ2) is 65.8. The Kier molecular flexibility index (Phi) is 52.4. The average Bonchev–Trinajstić information content (AvgIpc) is 0.861. The summed E-state index contributed by atoms with van der Waals surface area (Å²) in [6.45, 7) is 3.60. The number of hydrogen-bond acceptors (Lipinski definition) is 5. The Hall–Kier alpha value is -11.7. The van der Waals surface area contributed by atoms with Crippen LogP contribution in [-0.4, -0.2) is 29.9 Å². The van der Waals surface area contributed by atoms with E-state index in [1.54, 1.807) is 68.0 Å². The van der Waals surface area contributed by atoms with E-state index in [1.165, 1.54) is 119 Å². The van der Waals surface area contributed by atoms with Crippen molar-refractivity contribution in [2.75, 3.05) is 4.93 Å². The Balaban J connectivity index is 0.000000177. The maximum atomic E-state index is 4.81. The molecular weight excluding hydrogens is 2540 g/mol. The van der Waals surface area contributed by atoms with Crippen LogP contribution in [0.5, 0.6) is 0 Å². The Morgan fingerprint density at radius 1 is 0.233 bits per heavy atom. The summed E-state index contributed by atoms with van der Waals surface area (Å²) < 4.78 is 6.32. The van der Waals surface area contributed by atoms with Crippen LogP contribution in [0.1, 0.15) is 72.3 Å². The van der Waals surface area contributed by atoms with Gasteiger partial charge in [-0.2, -0.15) is 0 Å². The second-order valence-corrected chi connectivity index (χ2v) is 40.8. The molecule has 0 saturated carbocycles. The van der Waals surface area contributed by atoms with E-state index >= 15 is 0 Å². The van der Waals surface area contributed by atoms with E-state index in [4.69, 9.17) is 19.1 Å². The molecule has 7 nitrogen and oxygen atoms in total. The van der Waals surface area contributed by atoms with Crippen LogP contribution in [-0.2, 0) is 30.0 Å². The molecular formula is C128H107Br2Cl2I4N7P2Pd. The van der Waals surface area contributed by atoms with E-state index in [1.807, 2.05) is 88.8 Å². The molecule has 7 heterocycles. The van der Waals surface area contributed by atoms with Crippen molar-refractivity contribution in [3.05, 3.63) is 587 Å². The first kappa shape index (κ1) is 116. The summed E-state index contributed by atoms with van der Waals surface area (Å²) in [6.07, 6.45) is 53.6. The summed E-state index contributed by atoms with van der Waals surface area (Å²) in [6, 6.07) is 145. The van der Waals surface area contributed by atoms with Crippen molar-refractivity contribution in [3.63, 3.8) is 0 Å². The fourth-order valence-electron chi connectivity index (χ4n) is 14.8. The molecule has 0 saturated heterocycles. The van der Waals surface area contributed by atoms with E-state index in [2.05, 4.69) is 535 Å². The van der Waals surface area contributed by atoms with Crippen LogP contribution in [0.15, 0.2) is 515 Å². The van der Waals surface area contributed by atoms with Gasteiger partial charge in [0, 0.05) is 95.2 Å². The first-order valence-electron chi connectivity index (χ1n) is 46.1. The van der Waals surface area contributed by atoms with Crippen LogP contribution in [0.2, 0.25) is 0 Å². The van der Waals surface area contributed by atoms with Crippen LogP contribution in [0.25, 0.3) is 122 Å². The smallest absolute Gasteiger partial charge is 0.0134 e. The van der Waals surface area contributed by atoms with Crippen molar-refractivity contribution in [1.82, 2.24) is 24.9 Å². The van der Waals surface area contributed by atoms with Crippen molar-refractivity contribution in [2.45, 2.75) is 0 Å². The molecule has 0 amide bonds. The van der Waals surface area contributed by atoms with E-state index in [0.29, 0.717) is 0 Å². The molecule has 0 N–H and O–H groups in total. The number of rotatable bonds is 19. The molecule has 0 aliphatic heterocycles. The molecule has 21 aromatic rings. The van der Waals surface area contributed by atoms with E-state index in [0.717, 1.165) is 36.8 Å². The van der Waals surface area contributed by atoms with Gasteiger partial charge in [-0.3, -0.25) is 24.9 Å². The van der Waals surface area contributed by atoms with Gasteiger partial charge in [-0.15, -0.1) is 24.0 Å². The maximum Gasteiger partial charge on any atom is -0.0134 e. The van der Waals surface area contributed by atoms with Gasteiger partial charge in [0.05, 0.1) is 0 Å². The third-order valence-electron chi connectivity index (χ3n) is 22.1. The van der Waals surface area contributed by atoms with Crippen LogP contribution >= 0.6 is 113 Å². The molecule has 21 rings (SSSR count). The zero-order valence-electron chi connectivity index (χ0n) is 80.5. The summed E-state index contributed by atoms with van der Waals surface area (Å²) >= 11 is 8.92. The number of aryl methyl sites for hydroxylation is 2. The van der Waals surface area contributed by atoms with E-state index < -0.39 is 15.8 Å². The average molecular weight is 2650 g/mol. The van der Waals surface area contributed by atoms with Gasteiger partial charge in [-0.05, 0) is 289 Å². The molecule has 730 valence electrons. The third-order valence-corrected chi connectivity index (χ3v) is 28.0. The monoisotopic (exact) mass is 2650 g/mol. The second-order valence-electron chi connectivity index (χ2n) is 32.2. The zero-order chi connectivity index (χ0) is 99.5. The Bertz CT molecular complexity index is 6840. The number of aromatic nitrogens is 7. The molecule has 0 unspecified atom stereocenters. The molecule has 0 bridgehead atoms. The standard InChI is InChI=1S/C26H24N2.2C24H18N2.2C18H15P.C10H6Br2.C7H7N.CH3I.2ClH.3HI.Pd/c1-27-15-11-21(12-16-27)3-5-23-7-9-26-20-24(8-10-25(26)19-23)6-4-22-13-17-28(2)18-14-22;2*1(19-9-13-25-14-10-19)3-21-5-7-24-18-22(6-8-23(24)17-21)4-2-20-11-15-26-16-12-20;2*1-4-10-16(11-5-1)19(17-12-6-2-7-13-17)18-14-8-3-9-15-18;11-9-3-1-7-5-10(12)4-2-8(7)6-9;1-2-7-3-5-8-6-4-7;1-2;;;;;;/h3-20H,1-2H3;2*1-18H;2*1-15H;1-6H;2-6H,1H2;1H3;5*1H;/q+2;;;;;;;;;;;;;+2/p-4/b5-3+,6-4+;2*3-1+,4-2+;;;;;;;;;;;. The fourth-order valence-corrected chi connectivity index (χ4v) is 20.2. The van der Waals surface area contributed by atoms with Gasteiger partial charge in [0.25, 0.3) is 0 Å². The number of nitrogens with zero attached hydrogens (tertiary/aromatic N) is 7. The molecule has 14 aromatic carbocycles. The topological polar surface area (TPSA) is 72.2 Å². The Labute approximate surface area is 960 Å². The molecule has 0 atom stereocenters. The first-order valence-corrected chi connectivity index (χ1v) is 56.5. The normalized spacial score (nSPS) is 10.6. The predicted molar refractivity (Wildman–Crippen MR) is 649 cm³/mol. The molecule has 146 heavy (non-hydrogen) atoms. The summed E-state index contributed by atoms with van der Waals surface area (Å²) in [4.78, 5) is 22.0. The van der Waals surface area contributed by atoms with Gasteiger partial charge >= 0.3 is 35.0 Å². The number of fused-ring (bicyclic) bond motifs is 4. The zero-order valence-corrected chi connectivity index (χ0v) is 97.3. The third kappa shape index (κ3) is 39.5. The van der Waals surface area contributed by atoms with Crippen LogP contribution in [0.4, 0.5) is 0 Å². The van der Waals surface area contributed by atoms with Gasteiger partial charge in [0.2, 0.25) is 0 Å². The summed E-state index contributed by atoms with van der Waals surface area (Å²) in [5.74, 6) is 0. The van der Waals surface area contributed by atoms with Crippen molar-refractivity contribution >= 4 is 267 Å². The van der Waals surface area contributed by atoms with E-state index in [-0.39, 0.29) is 87.9 Å². The predicted octanol–water partition coefficient (Wildman–Crippen LogP) is 26.8. The van der Waals surface area contributed by atoms with Crippen LogP contribution in [0, 0.1) is 0 Å². The SMILES string of the molecule is Brc1ccc2cc(Br)ccc2c1.C(=C\c1ccc2cc(/C=C/c3ccncc3)ccc2c1)/c1ccncc1.C(=C\c1ccc2cc(/C=C/c3ccncc3)ccc2c1)/c1ccncc1.C=Cc1ccncc1.CI.C[n+]1ccc(/C=C/c2ccc3cc(/C=C/c4cc[n+](C)cc4)ccc3c2)cc1.I.[Cl][Pd][Cl].[I-].[I-].c1ccc(P(c2ccccc2)c2ccccc2)cc1.c1ccc(P(c2ccccc2)c2ccccc2)cc1. The molecule has 7 aromatic heterocycles. The largest absolute Gasteiger partial charge is 1.00 e. The summed E-state index contributed by atoms with van der Waals surface area (Å²) in [7, 11) is 12.8. The molecule has 18 heteroatoms. The van der Waals surface area contributed by atoms with Gasteiger partial charge in [-0.25, -0.2) is 9.13 Å². The molecule has 0 radical (unpaired) electrons. The van der Waals surface area contributed by atoms with Crippen molar-refractivity contribution in [1.29, 1.82) is 0 Å². The summed E-state index contributed by atoms with van der Waals surface area (Å²) in [5, 5.41) is 18.4. The minimum absolute atomic E-state index is 0. The Morgan fingerprint density at radius 3 is 0.568 bits per heavy atom. The van der Waals surface area contributed by atoms with Gasteiger partial charge in [0.15, 0.2) is 24.8 Å². The minimum atomic E-state index is -0.446. The van der Waals surface area contributed by atoms with Crippen LogP contribution < -0.4 is 88.9 Å². The van der Waals surface area contributed by atoms with Gasteiger partial charge in [0.1, 0.15) is 14.1 Å². The summed E-state index contributed by atoms with van der Waals surface area (Å²) in [5.41, 5.74) is 15.3. The van der Waals surface area contributed by atoms with Crippen molar-refractivity contribution in [3.8, 4) is 0 Å². The maximum absolute atomic E-state index is 4.81. The number of halogens is 8. The van der Waals surface area contributed by atoms with Crippen molar-refractivity contribution in [2.24, 2.45) is 14.1 Å². The van der Waals surface area contributed by atoms with Crippen LogP contribution in [0.3, 0.4) is 0 Å². The van der Waals surface area contributed by atoms with Gasteiger partial charge in [-0.1, -0.05) is 407 Å². The quantitative estimate of drug-likeness (QED) is 0.0265. The van der Waals surface area contributed by atoms with E-state index in [9.17, 15) is 0 Å². The number of pyridine rings is 7. The molecule has 0 aliphatic rings. The van der Waals surface area contributed by atoms with Crippen molar-refractivity contribution < 1.29 is 73.0 Å². The first-order chi connectivity index (χ1) is 70.4. The number of benzene rings is 14. The van der Waals surface area contributed by atoms with Gasteiger partial charge < -0.3 is 48.0 Å². The number of alkyl halides is 1. The molecule has 0 aliphatic carbocycles. The number of hydrogen-bond donors (Lipinski definition) is 0. The minimum Gasteiger partial charge on any atom is -1.00 e. The fraction of sp³-hybridized carbons (Fsp3) is 0.0234.